The zero-order valence-electron chi connectivity index (χ0n) is 21.5. The van der Waals surface area contributed by atoms with Crippen molar-refractivity contribution in [2.24, 2.45) is 10.7 Å². The monoisotopic (exact) mass is 516 g/mol. The number of carbonyl (C=O) groups is 2. The van der Waals surface area contributed by atoms with E-state index >= 15 is 0 Å². The highest BCUT2D eigenvalue weighted by Gasteiger charge is 2.30. The molecular formula is C27H37ClN4O4. The number of allylic oxidation sites excluding steroid dienone is 1. The van der Waals surface area contributed by atoms with Crippen LogP contribution in [-0.4, -0.2) is 78.4 Å². The number of benzene rings is 1. The standard InChI is InChI=1S/C27H37ClN4O4/c1-17-15-32(16-18(2)35-17)27(34)26(29)21-6-4-8-23(21)30-14-25(33)31-12-10-20(11-13-31)36-24-9-5-7-22(28)19(24)3/h5,7,9,17-18,20H,4,6,8,10-16,29H2,1-3H3/t17-,18+. The molecule has 2 atom stereocenters. The second-order valence-corrected chi connectivity index (χ2v) is 10.4. The quantitative estimate of drug-likeness (QED) is 0.604. The molecule has 0 spiro atoms. The molecule has 36 heavy (non-hydrogen) atoms. The van der Waals surface area contributed by atoms with E-state index in [1.165, 1.54) is 0 Å². The van der Waals surface area contributed by atoms with E-state index in [4.69, 9.17) is 26.8 Å². The lowest BCUT2D eigenvalue weighted by atomic mass is 10.1. The van der Waals surface area contributed by atoms with E-state index in [1.807, 2.05) is 43.9 Å². The summed E-state index contributed by atoms with van der Waals surface area (Å²) >= 11 is 6.20. The molecule has 1 saturated carbocycles. The van der Waals surface area contributed by atoms with Crippen molar-refractivity contribution in [3.8, 4) is 5.75 Å². The summed E-state index contributed by atoms with van der Waals surface area (Å²) in [6, 6.07) is 5.67. The number of amides is 2. The minimum absolute atomic E-state index is 0.00753. The Morgan fingerprint density at radius 1 is 1.14 bits per heavy atom. The molecular weight excluding hydrogens is 480 g/mol. The summed E-state index contributed by atoms with van der Waals surface area (Å²) in [6.45, 7) is 8.25. The first-order valence-electron chi connectivity index (χ1n) is 12.9. The van der Waals surface area contributed by atoms with Gasteiger partial charge in [0.1, 0.15) is 24.1 Å². The third-order valence-electron chi connectivity index (χ3n) is 7.16. The number of morpholine rings is 1. The fraction of sp³-hybridized carbons (Fsp3) is 0.593. The van der Waals surface area contributed by atoms with Crippen molar-refractivity contribution in [1.29, 1.82) is 0 Å². The number of carbonyl (C=O) groups excluding carboxylic acids is 2. The highest BCUT2D eigenvalue weighted by atomic mass is 35.5. The molecule has 2 saturated heterocycles. The van der Waals surface area contributed by atoms with Gasteiger partial charge in [-0.3, -0.25) is 14.6 Å². The first-order chi connectivity index (χ1) is 17.2. The molecule has 2 N–H and O–H groups in total. The number of halogens is 1. The molecule has 2 heterocycles. The van der Waals surface area contributed by atoms with Crippen molar-refractivity contribution >= 4 is 29.1 Å². The predicted molar refractivity (Wildman–Crippen MR) is 140 cm³/mol. The van der Waals surface area contributed by atoms with Gasteiger partial charge in [-0.15, -0.1) is 0 Å². The molecule has 4 rings (SSSR count). The smallest absolute Gasteiger partial charge is 0.270 e. The van der Waals surface area contributed by atoms with E-state index in [0.717, 1.165) is 48.3 Å². The largest absolute Gasteiger partial charge is 0.490 e. The topological polar surface area (TPSA) is 97.5 Å². The fourth-order valence-electron chi connectivity index (χ4n) is 5.22. The maximum absolute atomic E-state index is 13.0. The Morgan fingerprint density at radius 2 is 1.83 bits per heavy atom. The van der Waals surface area contributed by atoms with Crippen LogP contribution in [0, 0.1) is 6.92 Å². The maximum Gasteiger partial charge on any atom is 0.270 e. The molecule has 0 unspecified atom stereocenters. The van der Waals surface area contributed by atoms with Crippen molar-refractivity contribution < 1.29 is 19.1 Å². The SMILES string of the molecule is Cc1c(Cl)cccc1OC1CCN(C(=O)CN=C2CCCC2=C(N)C(=O)N2C[C@@H](C)O[C@@H](C)C2)CC1. The van der Waals surface area contributed by atoms with Gasteiger partial charge in [0.25, 0.3) is 5.91 Å². The second kappa shape index (κ2) is 11.6. The number of nitrogens with zero attached hydrogens (tertiary/aromatic N) is 3. The first kappa shape index (κ1) is 26.5. The summed E-state index contributed by atoms with van der Waals surface area (Å²) in [5.74, 6) is 0.629. The second-order valence-electron chi connectivity index (χ2n) is 10.0. The van der Waals surface area contributed by atoms with Crippen LogP contribution >= 0.6 is 11.6 Å². The number of likely N-dealkylation sites (tertiary alicyclic amines) is 1. The van der Waals surface area contributed by atoms with Crippen LogP contribution in [0.15, 0.2) is 34.5 Å². The zero-order chi connectivity index (χ0) is 25.8. The molecule has 1 aromatic carbocycles. The van der Waals surface area contributed by atoms with Crippen LogP contribution in [0.1, 0.15) is 51.5 Å². The average molecular weight is 517 g/mol. The van der Waals surface area contributed by atoms with Crippen molar-refractivity contribution in [3.05, 3.63) is 40.1 Å². The number of hydrogen-bond donors (Lipinski definition) is 1. The maximum atomic E-state index is 13.0. The van der Waals surface area contributed by atoms with Crippen LogP contribution in [0.4, 0.5) is 0 Å². The van der Waals surface area contributed by atoms with Gasteiger partial charge in [-0.2, -0.15) is 0 Å². The van der Waals surface area contributed by atoms with Crippen molar-refractivity contribution in [3.63, 3.8) is 0 Å². The summed E-state index contributed by atoms with van der Waals surface area (Å²) in [6.07, 6.45) is 3.88. The third kappa shape index (κ3) is 6.21. The van der Waals surface area contributed by atoms with Crippen LogP contribution < -0.4 is 10.5 Å². The van der Waals surface area contributed by atoms with Crippen LogP contribution in [0.2, 0.25) is 5.02 Å². The Hall–Kier alpha value is -2.58. The molecule has 0 bridgehead atoms. The summed E-state index contributed by atoms with van der Waals surface area (Å²) in [5, 5.41) is 0.691. The van der Waals surface area contributed by atoms with E-state index in [1.54, 1.807) is 4.90 Å². The zero-order valence-corrected chi connectivity index (χ0v) is 22.2. The Labute approximate surface area is 218 Å². The molecule has 0 radical (unpaired) electrons. The average Bonchev–Trinajstić information content (AvgIpc) is 3.33. The highest BCUT2D eigenvalue weighted by Crippen LogP contribution is 2.28. The Morgan fingerprint density at radius 3 is 2.53 bits per heavy atom. The van der Waals surface area contributed by atoms with E-state index in [9.17, 15) is 9.59 Å². The van der Waals surface area contributed by atoms with E-state index in [-0.39, 0.29) is 42.4 Å². The number of hydrogen-bond acceptors (Lipinski definition) is 6. The van der Waals surface area contributed by atoms with Crippen LogP contribution in [0.25, 0.3) is 0 Å². The van der Waals surface area contributed by atoms with E-state index < -0.39 is 0 Å². The molecule has 3 aliphatic rings. The van der Waals surface area contributed by atoms with Gasteiger partial charge in [0.15, 0.2) is 0 Å². The van der Waals surface area contributed by atoms with Gasteiger partial charge in [0.2, 0.25) is 5.91 Å². The molecule has 1 aromatic rings. The molecule has 2 aliphatic heterocycles. The molecule has 9 heteroatoms. The fourth-order valence-corrected chi connectivity index (χ4v) is 5.38. The van der Waals surface area contributed by atoms with Crippen LogP contribution in [0.5, 0.6) is 5.75 Å². The number of aliphatic imine (C=N–C) groups is 1. The lowest BCUT2D eigenvalue weighted by Crippen LogP contribution is -2.49. The Bertz CT molecular complexity index is 1040. The Kier molecular flexibility index (Phi) is 8.57. The van der Waals surface area contributed by atoms with Gasteiger partial charge in [0.05, 0.1) is 12.2 Å². The van der Waals surface area contributed by atoms with Crippen molar-refractivity contribution in [1.82, 2.24) is 9.80 Å². The van der Waals surface area contributed by atoms with Crippen molar-refractivity contribution in [2.45, 2.75) is 71.2 Å². The predicted octanol–water partition coefficient (Wildman–Crippen LogP) is 3.49. The minimum Gasteiger partial charge on any atom is -0.490 e. The van der Waals surface area contributed by atoms with Crippen LogP contribution in [-0.2, 0) is 14.3 Å². The summed E-state index contributed by atoms with van der Waals surface area (Å²) in [7, 11) is 0. The van der Waals surface area contributed by atoms with Gasteiger partial charge in [-0.05, 0) is 52.2 Å². The molecule has 0 aromatic heterocycles. The number of nitrogens with two attached hydrogens (primary N) is 1. The number of piperidine rings is 1. The molecule has 1 aliphatic carbocycles. The Balaban J connectivity index is 1.32. The van der Waals surface area contributed by atoms with Gasteiger partial charge in [-0.1, -0.05) is 17.7 Å². The van der Waals surface area contributed by atoms with Gasteiger partial charge in [-0.25, -0.2) is 0 Å². The number of ether oxygens (including phenoxy) is 2. The molecule has 2 amide bonds. The van der Waals surface area contributed by atoms with Crippen molar-refractivity contribution in [2.75, 3.05) is 32.7 Å². The van der Waals surface area contributed by atoms with Gasteiger partial charge in [0, 0.05) is 60.9 Å². The van der Waals surface area contributed by atoms with E-state index in [2.05, 4.69) is 4.99 Å². The summed E-state index contributed by atoms with van der Waals surface area (Å²) in [5.41, 5.74) is 9.11. The van der Waals surface area contributed by atoms with Gasteiger partial charge >= 0.3 is 0 Å². The van der Waals surface area contributed by atoms with Crippen LogP contribution in [0.3, 0.4) is 0 Å². The summed E-state index contributed by atoms with van der Waals surface area (Å²) in [4.78, 5) is 34.1. The lowest BCUT2D eigenvalue weighted by Gasteiger charge is -2.35. The lowest BCUT2D eigenvalue weighted by molar-refractivity contribution is -0.139. The summed E-state index contributed by atoms with van der Waals surface area (Å²) < 4.78 is 11.9. The third-order valence-corrected chi connectivity index (χ3v) is 7.57. The molecule has 3 fully saturated rings. The molecule has 196 valence electrons. The molecule has 8 nitrogen and oxygen atoms in total. The van der Waals surface area contributed by atoms with Gasteiger partial charge < -0.3 is 25.0 Å². The first-order valence-corrected chi connectivity index (χ1v) is 13.3. The number of rotatable bonds is 5. The minimum atomic E-state index is -0.162. The normalized spacial score (nSPS) is 25.8. The highest BCUT2D eigenvalue weighted by molar-refractivity contribution is 6.31. The van der Waals surface area contributed by atoms with E-state index in [0.29, 0.717) is 37.6 Å².